The molecule has 0 amide bonds. The topological polar surface area (TPSA) is 113 Å². The number of carbonyl (C=O) groups excluding carboxylic acids is 1. The van der Waals surface area contributed by atoms with E-state index in [9.17, 15) is 31.9 Å². The molecule has 0 fully saturated rings. The summed E-state index contributed by atoms with van der Waals surface area (Å²) in [5.41, 5.74) is -5.74. The summed E-state index contributed by atoms with van der Waals surface area (Å²) >= 11 is 6.00. The number of carbonyl (C=O) groups is 1. The SMILES string of the molecule is COC(=O)c1nccc(OC)c1Oc1cc(-n2c(=O)cc(C(F)(F)F)[nH]c2=O)c(F)cc1Cl. The highest BCUT2D eigenvalue weighted by Gasteiger charge is 2.33. The van der Waals surface area contributed by atoms with Gasteiger partial charge in [-0.1, -0.05) is 11.6 Å². The van der Waals surface area contributed by atoms with E-state index >= 15 is 0 Å². The highest BCUT2D eigenvalue weighted by Crippen LogP contribution is 2.38. The Morgan fingerprint density at radius 1 is 1.15 bits per heavy atom. The van der Waals surface area contributed by atoms with Crippen LogP contribution in [0.4, 0.5) is 17.6 Å². The van der Waals surface area contributed by atoms with Crippen LogP contribution in [0.5, 0.6) is 17.2 Å². The Balaban J connectivity index is 2.19. The van der Waals surface area contributed by atoms with Crippen LogP contribution in [0.25, 0.3) is 5.69 Å². The van der Waals surface area contributed by atoms with E-state index in [4.69, 9.17) is 21.1 Å². The molecule has 3 aromatic rings. The van der Waals surface area contributed by atoms with Gasteiger partial charge in [0, 0.05) is 24.4 Å². The second-order valence-corrected chi connectivity index (χ2v) is 6.59. The van der Waals surface area contributed by atoms with E-state index in [1.54, 1.807) is 0 Å². The van der Waals surface area contributed by atoms with E-state index in [0.717, 1.165) is 13.2 Å². The van der Waals surface area contributed by atoms with Crippen LogP contribution in [-0.2, 0) is 10.9 Å². The van der Waals surface area contributed by atoms with Gasteiger partial charge in [0.25, 0.3) is 5.56 Å². The van der Waals surface area contributed by atoms with Crippen molar-refractivity contribution in [1.29, 1.82) is 0 Å². The molecule has 174 valence electrons. The smallest absolute Gasteiger partial charge is 0.431 e. The van der Waals surface area contributed by atoms with Crippen LogP contribution in [0, 0.1) is 5.82 Å². The monoisotopic (exact) mass is 489 g/mol. The van der Waals surface area contributed by atoms with Crippen LogP contribution in [0.3, 0.4) is 0 Å². The number of methoxy groups -OCH3 is 2. The van der Waals surface area contributed by atoms with E-state index in [0.29, 0.717) is 6.07 Å². The standard InChI is InChI=1S/C19H12ClF4N3O6/c1-31-11-3-4-25-15(17(29)32-2)16(11)33-12-6-10(9(21)5-8(12)20)27-14(28)7-13(19(22,23)24)26-18(27)30/h3-7H,1-2H3,(H,26,30). The van der Waals surface area contributed by atoms with Crippen molar-refractivity contribution >= 4 is 17.6 Å². The summed E-state index contributed by atoms with van der Waals surface area (Å²) in [5, 5.41) is -0.366. The number of rotatable bonds is 5. The van der Waals surface area contributed by atoms with Crippen LogP contribution < -0.4 is 20.7 Å². The van der Waals surface area contributed by atoms with Crippen molar-refractivity contribution in [2.75, 3.05) is 14.2 Å². The zero-order valence-corrected chi connectivity index (χ0v) is 17.4. The van der Waals surface area contributed by atoms with Crippen molar-refractivity contribution in [3.8, 4) is 22.9 Å². The molecule has 0 aliphatic rings. The van der Waals surface area contributed by atoms with Gasteiger partial charge in [-0.05, 0) is 6.07 Å². The number of esters is 1. The van der Waals surface area contributed by atoms with Crippen molar-refractivity contribution in [2.24, 2.45) is 0 Å². The van der Waals surface area contributed by atoms with Gasteiger partial charge in [-0.2, -0.15) is 13.2 Å². The number of halogens is 5. The van der Waals surface area contributed by atoms with E-state index < -0.39 is 40.6 Å². The number of nitrogens with zero attached hydrogens (tertiary/aromatic N) is 2. The summed E-state index contributed by atoms with van der Waals surface area (Å²) in [6.07, 6.45) is -3.79. The molecule has 1 N–H and O–H groups in total. The third kappa shape index (κ3) is 4.67. The number of H-pyrrole nitrogens is 1. The van der Waals surface area contributed by atoms with Crippen LogP contribution in [-0.4, -0.2) is 34.7 Å². The van der Waals surface area contributed by atoms with Gasteiger partial charge in [0.2, 0.25) is 5.75 Å². The molecule has 2 heterocycles. The summed E-state index contributed by atoms with van der Waals surface area (Å²) in [6, 6.07) is 2.87. The second-order valence-electron chi connectivity index (χ2n) is 6.18. The average Bonchev–Trinajstić information content (AvgIpc) is 2.74. The maximum Gasteiger partial charge on any atom is 0.431 e. The number of alkyl halides is 3. The third-order valence-corrected chi connectivity index (χ3v) is 4.45. The van der Waals surface area contributed by atoms with Gasteiger partial charge >= 0.3 is 17.8 Å². The molecule has 0 unspecified atom stereocenters. The molecule has 2 aromatic heterocycles. The second kappa shape index (κ2) is 8.94. The van der Waals surface area contributed by atoms with Crippen LogP contribution in [0.2, 0.25) is 5.02 Å². The van der Waals surface area contributed by atoms with Gasteiger partial charge in [-0.3, -0.25) is 4.79 Å². The average molecular weight is 490 g/mol. The van der Waals surface area contributed by atoms with Crippen molar-refractivity contribution in [1.82, 2.24) is 14.5 Å². The minimum Gasteiger partial charge on any atom is -0.493 e. The Hall–Kier alpha value is -3.87. The quantitative estimate of drug-likeness (QED) is 0.432. The molecule has 1 aromatic carbocycles. The molecule has 0 saturated heterocycles. The highest BCUT2D eigenvalue weighted by molar-refractivity contribution is 6.32. The fourth-order valence-corrected chi connectivity index (χ4v) is 2.87. The van der Waals surface area contributed by atoms with Crippen LogP contribution in [0.1, 0.15) is 16.2 Å². The highest BCUT2D eigenvalue weighted by atomic mass is 35.5. The maximum absolute atomic E-state index is 14.6. The molecule has 0 aliphatic heterocycles. The first kappa shape index (κ1) is 23.8. The molecule has 0 radical (unpaired) electrons. The summed E-state index contributed by atoms with van der Waals surface area (Å²) in [6.45, 7) is 0. The predicted octanol–water partition coefficient (Wildman–Crippen LogP) is 3.32. The molecule has 0 saturated carbocycles. The molecule has 9 nitrogen and oxygen atoms in total. The van der Waals surface area contributed by atoms with Crippen molar-refractivity contribution < 1.29 is 36.6 Å². The number of ether oxygens (including phenoxy) is 3. The first-order valence-electron chi connectivity index (χ1n) is 8.70. The van der Waals surface area contributed by atoms with Crippen LogP contribution >= 0.6 is 11.6 Å². The largest absolute Gasteiger partial charge is 0.493 e. The number of hydrogen-bond acceptors (Lipinski definition) is 7. The van der Waals surface area contributed by atoms with Crippen molar-refractivity contribution in [3.63, 3.8) is 0 Å². The number of pyridine rings is 1. The lowest BCUT2D eigenvalue weighted by atomic mass is 10.2. The number of nitrogens with one attached hydrogen (secondary N) is 1. The minimum atomic E-state index is -5.01. The molecule has 0 atom stereocenters. The lowest BCUT2D eigenvalue weighted by molar-refractivity contribution is -0.141. The summed E-state index contributed by atoms with van der Waals surface area (Å²) < 4.78 is 68.5. The molecular weight excluding hydrogens is 478 g/mol. The fourth-order valence-electron chi connectivity index (χ4n) is 2.69. The normalized spacial score (nSPS) is 11.2. The van der Waals surface area contributed by atoms with Crippen molar-refractivity contribution in [2.45, 2.75) is 6.18 Å². The van der Waals surface area contributed by atoms with Gasteiger partial charge in [-0.25, -0.2) is 23.5 Å². The minimum absolute atomic E-state index is 0.00288. The zero-order chi connectivity index (χ0) is 24.5. The number of hydrogen-bond donors (Lipinski definition) is 1. The zero-order valence-electron chi connectivity index (χ0n) is 16.6. The van der Waals surface area contributed by atoms with Gasteiger partial charge < -0.3 is 19.2 Å². The third-order valence-electron chi connectivity index (χ3n) is 4.16. The Kier molecular flexibility index (Phi) is 6.44. The van der Waals surface area contributed by atoms with Gasteiger partial charge in [0.15, 0.2) is 11.4 Å². The molecule has 14 heteroatoms. The Bertz CT molecular complexity index is 1320. The summed E-state index contributed by atoms with van der Waals surface area (Å²) in [5.74, 6) is -2.81. The first-order valence-corrected chi connectivity index (χ1v) is 9.07. The molecule has 33 heavy (non-hydrogen) atoms. The first-order chi connectivity index (χ1) is 15.5. The van der Waals surface area contributed by atoms with Crippen LogP contribution in [0.15, 0.2) is 40.1 Å². The number of aromatic amines is 1. The lowest BCUT2D eigenvalue weighted by Gasteiger charge is -2.15. The Morgan fingerprint density at radius 2 is 1.85 bits per heavy atom. The predicted molar refractivity (Wildman–Crippen MR) is 105 cm³/mol. The van der Waals surface area contributed by atoms with E-state index in [1.807, 2.05) is 0 Å². The molecule has 3 rings (SSSR count). The molecular formula is C19H12ClF4N3O6. The molecule has 0 spiro atoms. The molecule has 0 bridgehead atoms. The summed E-state index contributed by atoms with van der Waals surface area (Å²) in [7, 11) is 2.34. The van der Waals surface area contributed by atoms with Gasteiger partial charge in [0.1, 0.15) is 17.3 Å². The van der Waals surface area contributed by atoms with E-state index in [-0.39, 0.29) is 38.6 Å². The van der Waals surface area contributed by atoms with Gasteiger partial charge in [-0.15, -0.1) is 0 Å². The Morgan fingerprint density at radius 3 is 2.42 bits per heavy atom. The summed E-state index contributed by atoms with van der Waals surface area (Å²) in [4.78, 5) is 41.7. The molecule has 0 aliphatic carbocycles. The van der Waals surface area contributed by atoms with Crippen molar-refractivity contribution in [3.05, 3.63) is 73.5 Å². The number of aromatic nitrogens is 3. The number of benzene rings is 1. The van der Waals surface area contributed by atoms with Gasteiger partial charge in [0.05, 0.1) is 24.9 Å². The maximum atomic E-state index is 14.6. The van der Waals surface area contributed by atoms with E-state index in [2.05, 4.69) is 9.72 Å². The lowest BCUT2D eigenvalue weighted by Crippen LogP contribution is -2.36. The fraction of sp³-hybridized carbons (Fsp3) is 0.158. The van der Waals surface area contributed by atoms with E-state index in [1.165, 1.54) is 24.4 Å². The Labute approximate surface area is 186 Å².